The van der Waals surface area contributed by atoms with Crippen LogP contribution in [0.4, 0.5) is 0 Å². The van der Waals surface area contributed by atoms with Gasteiger partial charge in [-0.15, -0.1) is 5.10 Å². The molecule has 128 valence electrons. The highest BCUT2D eigenvalue weighted by Crippen LogP contribution is 2.22. The van der Waals surface area contributed by atoms with Crippen LogP contribution >= 0.6 is 11.8 Å². The van der Waals surface area contributed by atoms with E-state index < -0.39 is 0 Å². The molecule has 0 bridgehead atoms. The minimum absolute atomic E-state index is 0.00797. The van der Waals surface area contributed by atoms with Gasteiger partial charge < -0.3 is 5.32 Å². The quantitative estimate of drug-likeness (QED) is 0.786. The second-order valence-corrected chi connectivity index (χ2v) is 7.44. The number of thioether (sulfide) groups is 1. The number of benzene rings is 1. The van der Waals surface area contributed by atoms with Crippen molar-refractivity contribution < 1.29 is 4.79 Å². The Bertz CT molecular complexity index is 735. The van der Waals surface area contributed by atoms with Crippen LogP contribution in [0.15, 0.2) is 40.3 Å². The van der Waals surface area contributed by atoms with Gasteiger partial charge in [0.1, 0.15) is 0 Å². The third-order valence-corrected chi connectivity index (χ3v) is 5.35. The molecule has 24 heavy (non-hydrogen) atoms. The number of carbonyl (C=O) groups is 1. The van der Waals surface area contributed by atoms with Crippen molar-refractivity contribution in [1.29, 1.82) is 0 Å². The molecule has 1 aliphatic carbocycles. The molecule has 2 N–H and O–H groups in total. The summed E-state index contributed by atoms with van der Waals surface area (Å²) in [5, 5.41) is 9.89. The number of H-pyrrole nitrogens is 1. The number of nitrogens with one attached hydrogen (secondary N) is 2. The lowest BCUT2D eigenvalue weighted by atomic mass is 10.2. The van der Waals surface area contributed by atoms with Gasteiger partial charge in [0.15, 0.2) is 5.16 Å². The summed E-state index contributed by atoms with van der Waals surface area (Å²) in [5.41, 5.74) is 0.760. The molecule has 1 aromatic heterocycles. The lowest BCUT2D eigenvalue weighted by molar-refractivity contribution is -0.120. The molecule has 1 fully saturated rings. The smallest absolute Gasteiger partial charge is 0.344 e. The van der Waals surface area contributed by atoms with Crippen molar-refractivity contribution in [2.45, 2.75) is 55.6 Å². The maximum Gasteiger partial charge on any atom is 0.344 e. The summed E-state index contributed by atoms with van der Waals surface area (Å²) in [6.07, 6.45) is 4.49. The molecule has 3 rings (SSSR count). The third-order valence-electron chi connectivity index (χ3n) is 4.26. The zero-order chi connectivity index (χ0) is 16.9. The molecule has 0 saturated heterocycles. The van der Waals surface area contributed by atoms with Crippen molar-refractivity contribution in [1.82, 2.24) is 20.1 Å². The van der Waals surface area contributed by atoms with Gasteiger partial charge in [0.05, 0.1) is 11.8 Å². The molecule has 0 spiro atoms. The topological polar surface area (TPSA) is 79.8 Å². The van der Waals surface area contributed by atoms with Crippen LogP contribution < -0.4 is 11.0 Å². The first-order chi connectivity index (χ1) is 11.6. The number of carbonyl (C=O) groups excluding carboxylic acids is 1. The van der Waals surface area contributed by atoms with Gasteiger partial charge in [-0.05, 0) is 25.3 Å². The van der Waals surface area contributed by atoms with Crippen LogP contribution in [0, 0.1) is 0 Å². The zero-order valence-corrected chi connectivity index (χ0v) is 14.5. The fourth-order valence-electron chi connectivity index (χ4n) is 2.90. The summed E-state index contributed by atoms with van der Waals surface area (Å²) in [6.45, 7) is 2.29. The number of aromatic nitrogens is 3. The van der Waals surface area contributed by atoms with Crippen molar-refractivity contribution in [2.24, 2.45) is 0 Å². The second-order valence-electron chi connectivity index (χ2n) is 6.13. The van der Waals surface area contributed by atoms with Gasteiger partial charge in [-0.2, -0.15) is 0 Å². The first kappa shape index (κ1) is 16.8. The summed E-state index contributed by atoms with van der Waals surface area (Å²) in [6, 6.07) is 10.0. The average molecular weight is 346 g/mol. The minimum atomic E-state index is -0.296. The van der Waals surface area contributed by atoms with Gasteiger partial charge in [0, 0.05) is 6.04 Å². The van der Waals surface area contributed by atoms with Gasteiger partial charge in [-0.1, -0.05) is 54.9 Å². The van der Waals surface area contributed by atoms with E-state index in [1.165, 1.54) is 24.6 Å². The summed E-state index contributed by atoms with van der Waals surface area (Å²) in [4.78, 5) is 24.3. The molecule has 1 saturated carbocycles. The van der Waals surface area contributed by atoms with E-state index in [2.05, 4.69) is 15.5 Å². The second kappa shape index (κ2) is 7.70. The van der Waals surface area contributed by atoms with Gasteiger partial charge in [-0.3, -0.25) is 9.36 Å². The van der Waals surface area contributed by atoms with Crippen molar-refractivity contribution in [2.75, 3.05) is 0 Å². The van der Waals surface area contributed by atoms with E-state index in [9.17, 15) is 9.59 Å². The highest BCUT2D eigenvalue weighted by Gasteiger charge is 2.23. The number of hydrogen-bond acceptors (Lipinski definition) is 4. The van der Waals surface area contributed by atoms with Crippen molar-refractivity contribution >= 4 is 17.7 Å². The molecule has 2 aromatic rings. The third kappa shape index (κ3) is 4.08. The Morgan fingerprint density at radius 2 is 2.08 bits per heavy atom. The van der Waals surface area contributed by atoms with Crippen LogP contribution in [-0.2, 0) is 11.3 Å². The normalized spacial score (nSPS) is 16.2. The van der Waals surface area contributed by atoms with E-state index in [1.54, 1.807) is 4.57 Å². The number of amides is 1. The molecule has 1 aromatic carbocycles. The molecule has 1 heterocycles. The van der Waals surface area contributed by atoms with E-state index in [4.69, 9.17) is 0 Å². The van der Waals surface area contributed by atoms with Crippen LogP contribution in [0.3, 0.4) is 0 Å². The van der Waals surface area contributed by atoms with E-state index in [0.29, 0.717) is 17.7 Å². The highest BCUT2D eigenvalue weighted by atomic mass is 32.2. The maximum atomic E-state index is 12.3. The largest absolute Gasteiger partial charge is 0.352 e. The molecule has 0 radical (unpaired) electrons. The van der Waals surface area contributed by atoms with Crippen LogP contribution in [0.25, 0.3) is 0 Å². The van der Waals surface area contributed by atoms with Gasteiger partial charge in [-0.25, -0.2) is 9.89 Å². The number of rotatable bonds is 6. The molecule has 1 aliphatic rings. The molecule has 0 aliphatic heterocycles. The Hall–Kier alpha value is -2.02. The number of hydrogen-bond donors (Lipinski definition) is 2. The Morgan fingerprint density at radius 1 is 1.38 bits per heavy atom. The predicted molar refractivity (Wildman–Crippen MR) is 94.1 cm³/mol. The van der Waals surface area contributed by atoms with E-state index in [-0.39, 0.29) is 16.8 Å². The SMILES string of the molecule is C[C@H](Sc1n[nH]c(=O)n1Cc1ccccc1)C(=O)NC1CCCC1. The summed E-state index contributed by atoms with van der Waals surface area (Å²) < 4.78 is 1.57. The Morgan fingerprint density at radius 3 is 2.79 bits per heavy atom. The van der Waals surface area contributed by atoms with E-state index in [1.807, 2.05) is 37.3 Å². The predicted octanol–water partition coefficient (Wildman–Crippen LogP) is 2.16. The van der Waals surface area contributed by atoms with Gasteiger partial charge >= 0.3 is 5.69 Å². The lowest BCUT2D eigenvalue weighted by Crippen LogP contribution is -2.37. The van der Waals surface area contributed by atoms with Crippen LogP contribution in [0.1, 0.15) is 38.2 Å². The van der Waals surface area contributed by atoms with Crippen molar-refractivity contribution in [3.63, 3.8) is 0 Å². The van der Waals surface area contributed by atoms with Crippen LogP contribution in [0.2, 0.25) is 0 Å². The Kier molecular flexibility index (Phi) is 5.40. The van der Waals surface area contributed by atoms with Crippen LogP contribution in [0.5, 0.6) is 0 Å². The molecular weight excluding hydrogens is 324 g/mol. The first-order valence-electron chi connectivity index (χ1n) is 8.29. The molecular formula is C17H22N4O2S. The van der Waals surface area contributed by atoms with Crippen molar-refractivity contribution in [3.05, 3.63) is 46.4 Å². The summed E-state index contributed by atoms with van der Waals surface area (Å²) in [5.74, 6) is 0.00797. The van der Waals surface area contributed by atoms with Crippen LogP contribution in [-0.4, -0.2) is 32.0 Å². The zero-order valence-electron chi connectivity index (χ0n) is 13.7. The molecule has 7 heteroatoms. The maximum absolute atomic E-state index is 12.3. The molecule has 6 nitrogen and oxygen atoms in total. The fraction of sp³-hybridized carbons (Fsp3) is 0.471. The Balaban J connectivity index is 1.66. The minimum Gasteiger partial charge on any atom is -0.352 e. The number of nitrogens with zero attached hydrogens (tertiary/aromatic N) is 2. The van der Waals surface area contributed by atoms with Crippen molar-refractivity contribution in [3.8, 4) is 0 Å². The van der Waals surface area contributed by atoms with E-state index >= 15 is 0 Å². The fourth-order valence-corrected chi connectivity index (χ4v) is 3.76. The first-order valence-corrected chi connectivity index (χ1v) is 9.17. The number of aromatic amines is 1. The Labute approximate surface area is 145 Å². The highest BCUT2D eigenvalue weighted by molar-refractivity contribution is 8.00. The average Bonchev–Trinajstić information content (AvgIpc) is 3.21. The van der Waals surface area contributed by atoms with E-state index in [0.717, 1.165) is 18.4 Å². The standard InChI is InChI=1S/C17H22N4O2S/c1-12(15(22)18-14-9-5-6-10-14)24-17-20-19-16(23)21(17)11-13-7-3-2-4-8-13/h2-4,7-8,12,14H,5-6,9-11H2,1H3,(H,18,22)(H,19,23)/t12-/m0/s1. The van der Waals surface area contributed by atoms with Gasteiger partial charge in [0.25, 0.3) is 0 Å². The molecule has 1 amide bonds. The lowest BCUT2D eigenvalue weighted by Gasteiger charge is -2.16. The summed E-state index contributed by atoms with van der Waals surface area (Å²) >= 11 is 1.31. The molecule has 0 unspecified atom stereocenters. The summed E-state index contributed by atoms with van der Waals surface area (Å²) in [7, 11) is 0. The monoisotopic (exact) mass is 346 g/mol. The molecule has 1 atom stereocenters. The van der Waals surface area contributed by atoms with Gasteiger partial charge in [0.2, 0.25) is 5.91 Å².